The summed E-state index contributed by atoms with van der Waals surface area (Å²) in [6.45, 7) is 8.19. The molecule has 142 valence electrons. The number of nitrogens with zero attached hydrogens (tertiary/aromatic N) is 1. The molecule has 1 atom stereocenters. The third-order valence-electron chi connectivity index (χ3n) is 4.30. The van der Waals surface area contributed by atoms with E-state index in [1.54, 1.807) is 0 Å². The molecule has 0 heterocycles. The van der Waals surface area contributed by atoms with Crippen LogP contribution in [0.4, 0.5) is 0 Å². The summed E-state index contributed by atoms with van der Waals surface area (Å²) in [5.41, 5.74) is 2.80. The highest BCUT2D eigenvalue weighted by molar-refractivity contribution is 5.81. The smallest absolute Gasteiger partial charge is 0.330 e. The largest absolute Gasteiger partial charge is 0.462 e. The van der Waals surface area contributed by atoms with Gasteiger partial charge in [0, 0.05) is 6.08 Å². The normalized spacial score (nSPS) is 10.7. The fraction of sp³-hybridized carbons (Fsp3) is 0.333. The minimum absolute atomic E-state index is 0.310. The van der Waals surface area contributed by atoms with E-state index in [0.29, 0.717) is 12.5 Å². The third-order valence-corrected chi connectivity index (χ3v) is 4.30. The fourth-order valence-electron chi connectivity index (χ4n) is 2.61. The van der Waals surface area contributed by atoms with Gasteiger partial charge in [0.1, 0.15) is 0 Å². The molecular formula is C24H29NO2. The maximum absolute atomic E-state index is 10.8. The van der Waals surface area contributed by atoms with Crippen molar-refractivity contribution in [2.75, 3.05) is 6.61 Å². The number of ether oxygens (including phenoxy) is 1. The van der Waals surface area contributed by atoms with Crippen molar-refractivity contribution in [2.45, 2.75) is 39.5 Å². The number of nitriles is 1. The number of unbranched alkanes of at least 4 members (excludes halogenated alkanes) is 1. The highest BCUT2D eigenvalue weighted by Gasteiger charge is 2.07. The zero-order valence-electron chi connectivity index (χ0n) is 16.4. The Morgan fingerprint density at radius 2 is 1.81 bits per heavy atom. The predicted octanol–water partition coefficient (Wildman–Crippen LogP) is 6.16. The molecule has 0 fully saturated rings. The molecule has 27 heavy (non-hydrogen) atoms. The van der Waals surface area contributed by atoms with Crippen LogP contribution in [0.25, 0.3) is 11.1 Å². The average molecular weight is 364 g/mol. The second-order valence-corrected chi connectivity index (χ2v) is 6.27. The van der Waals surface area contributed by atoms with Crippen molar-refractivity contribution < 1.29 is 9.53 Å². The lowest BCUT2D eigenvalue weighted by molar-refractivity contribution is -0.139. The molecule has 2 rings (SSSR count). The van der Waals surface area contributed by atoms with Gasteiger partial charge in [-0.05, 0) is 29.5 Å². The second kappa shape index (κ2) is 13.4. The summed E-state index contributed by atoms with van der Waals surface area (Å²) in [4.78, 5) is 10.8. The van der Waals surface area contributed by atoms with E-state index in [0.717, 1.165) is 29.5 Å². The molecule has 3 nitrogen and oxygen atoms in total. The Labute approximate surface area is 163 Å². The number of esters is 1. The van der Waals surface area contributed by atoms with Gasteiger partial charge in [0.2, 0.25) is 0 Å². The number of carbonyl (C=O) groups excluding carboxylic acids is 1. The van der Waals surface area contributed by atoms with Crippen molar-refractivity contribution in [3.8, 4) is 17.2 Å². The lowest BCUT2D eigenvalue weighted by Gasteiger charge is -2.13. The van der Waals surface area contributed by atoms with E-state index < -0.39 is 0 Å². The molecule has 0 spiro atoms. The maximum atomic E-state index is 10.8. The Kier molecular flexibility index (Phi) is 11.0. The van der Waals surface area contributed by atoms with Gasteiger partial charge in [-0.2, -0.15) is 5.26 Å². The Morgan fingerprint density at radius 1 is 1.15 bits per heavy atom. The van der Waals surface area contributed by atoms with Gasteiger partial charge in [-0.1, -0.05) is 88.2 Å². The van der Waals surface area contributed by atoms with Crippen molar-refractivity contribution in [2.24, 2.45) is 5.92 Å². The average Bonchev–Trinajstić information content (AvgIpc) is 2.74. The van der Waals surface area contributed by atoms with Gasteiger partial charge < -0.3 is 4.74 Å². The SMILES string of the molecule is C=CC(=O)OCC(CC)CCCC.N#Cc1ccccc1-c1ccccc1. The van der Waals surface area contributed by atoms with Crippen LogP contribution in [0.1, 0.15) is 45.1 Å². The van der Waals surface area contributed by atoms with E-state index in [1.807, 2.05) is 54.6 Å². The Hall–Kier alpha value is -2.86. The molecule has 0 saturated heterocycles. The van der Waals surface area contributed by atoms with E-state index in [1.165, 1.54) is 18.9 Å². The first-order chi connectivity index (χ1) is 13.2. The van der Waals surface area contributed by atoms with E-state index in [2.05, 4.69) is 26.5 Å². The van der Waals surface area contributed by atoms with E-state index >= 15 is 0 Å². The van der Waals surface area contributed by atoms with Crippen molar-refractivity contribution in [3.63, 3.8) is 0 Å². The zero-order valence-corrected chi connectivity index (χ0v) is 16.4. The lowest BCUT2D eigenvalue weighted by atomic mass is 10.0. The van der Waals surface area contributed by atoms with Crippen molar-refractivity contribution >= 4 is 5.97 Å². The quantitative estimate of drug-likeness (QED) is 0.417. The molecule has 0 N–H and O–H groups in total. The van der Waals surface area contributed by atoms with E-state index in [-0.39, 0.29) is 5.97 Å². The van der Waals surface area contributed by atoms with Crippen LogP contribution >= 0.6 is 0 Å². The Bertz CT molecular complexity index is 732. The van der Waals surface area contributed by atoms with Crippen molar-refractivity contribution in [3.05, 3.63) is 72.8 Å². The molecule has 0 aliphatic carbocycles. The monoisotopic (exact) mass is 363 g/mol. The summed E-state index contributed by atoms with van der Waals surface area (Å²) < 4.78 is 4.98. The van der Waals surface area contributed by atoms with Crippen LogP contribution in [0, 0.1) is 17.2 Å². The van der Waals surface area contributed by atoms with Crippen LogP contribution in [0.2, 0.25) is 0 Å². The summed E-state index contributed by atoms with van der Waals surface area (Å²) in [7, 11) is 0. The van der Waals surface area contributed by atoms with Crippen LogP contribution < -0.4 is 0 Å². The lowest BCUT2D eigenvalue weighted by Crippen LogP contribution is -2.12. The van der Waals surface area contributed by atoms with Crippen molar-refractivity contribution in [1.29, 1.82) is 5.26 Å². The molecule has 0 aromatic heterocycles. The van der Waals surface area contributed by atoms with Gasteiger partial charge in [-0.3, -0.25) is 0 Å². The van der Waals surface area contributed by atoms with E-state index in [4.69, 9.17) is 10.00 Å². The summed E-state index contributed by atoms with van der Waals surface area (Å²) >= 11 is 0. The van der Waals surface area contributed by atoms with Crippen LogP contribution in [0.3, 0.4) is 0 Å². The zero-order chi connectivity index (χ0) is 19.9. The molecule has 0 bridgehead atoms. The molecule has 0 amide bonds. The highest BCUT2D eigenvalue weighted by Crippen LogP contribution is 2.22. The molecule has 0 saturated carbocycles. The first-order valence-corrected chi connectivity index (χ1v) is 9.49. The number of hydrogen-bond donors (Lipinski definition) is 0. The van der Waals surface area contributed by atoms with Gasteiger partial charge in [0.05, 0.1) is 18.2 Å². The van der Waals surface area contributed by atoms with Crippen molar-refractivity contribution in [1.82, 2.24) is 0 Å². The Balaban J connectivity index is 0.000000271. The second-order valence-electron chi connectivity index (χ2n) is 6.27. The standard InChI is InChI=1S/C13H9N.C11H20O2/c14-10-12-8-4-5-9-13(12)11-6-2-1-3-7-11;1-4-7-8-10(5-2)9-13-11(12)6-3/h1-9H;6,10H,3-5,7-9H2,1-2H3. The first kappa shape index (κ1) is 22.2. The number of benzene rings is 2. The number of carbonyl (C=O) groups is 1. The molecule has 3 heteroatoms. The molecule has 0 aliphatic rings. The number of rotatable bonds is 8. The maximum Gasteiger partial charge on any atom is 0.330 e. The van der Waals surface area contributed by atoms with Gasteiger partial charge in [-0.15, -0.1) is 0 Å². The molecule has 2 aromatic rings. The summed E-state index contributed by atoms with van der Waals surface area (Å²) in [6, 6.07) is 19.8. The molecule has 0 aliphatic heterocycles. The third kappa shape index (κ3) is 8.37. The van der Waals surface area contributed by atoms with Crippen LogP contribution in [-0.4, -0.2) is 12.6 Å². The van der Waals surface area contributed by atoms with Crippen LogP contribution in [-0.2, 0) is 9.53 Å². The number of hydrogen-bond acceptors (Lipinski definition) is 3. The van der Waals surface area contributed by atoms with Gasteiger partial charge >= 0.3 is 5.97 Å². The molecule has 0 radical (unpaired) electrons. The van der Waals surface area contributed by atoms with E-state index in [9.17, 15) is 4.79 Å². The molecular weight excluding hydrogens is 334 g/mol. The molecule has 1 unspecified atom stereocenters. The minimum atomic E-state index is -0.310. The van der Waals surface area contributed by atoms with Crippen LogP contribution in [0.5, 0.6) is 0 Å². The predicted molar refractivity (Wildman–Crippen MR) is 111 cm³/mol. The minimum Gasteiger partial charge on any atom is -0.462 e. The molecule has 2 aromatic carbocycles. The topological polar surface area (TPSA) is 50.1 Å². The Morgan fingerprint density at radius 3 is 2.41 bits per heavy atom. The highest BCUT2D eigenvalue weighted by atomic mass is 16.5. The van der Waals surface area contributed by atoms with Gasteiger partial charge in [0.25, 0.3) is 0 Å². The van der Waals surface area contributed by atoms with Gasteiger partial charge in [0.15, 0.2) is 0 Å². The summed E-state index contributed by atoms with van der Waals surface area (Å²) in [5.74, 6) is 0.207. The fourth-order valence-corrected chi connectivity index (χ4v) is 2.61. The van der Waals surface area contributed by atoms with Gasteiger partial charge in [-0.25, -0.2) is 4.79 Å². The van der Waals surface area contributed by atoms with Crippen LogP contribution in [0.15, 0.2) is 67.3 Å². The summed E-state index contributed by atoms with van der Waals surface area (Å²) in [6.07, 6.45) is 5.85. The summed E-state index contributed by atoms with van der Waals surface area (Å²) in [5, 5.41) is 8.93. The first-order valence-electron chi connectivity index (χ1n) is 9.49.